The second-order valence-electron chi connectivity index (χ2n) is 6.18. The fourth-order valence-electron chi connectivity index (χ4n) is 2.53. The third-order valence-electron chi connectivity index (χ3n) is 4.00. The molecule has 0 spiro atoms. The van der Waals surface area contributed by atoms with Crippen LogP contribution in [0.15, 0.2) is 34.7 Å². The van der Waals surface area contributed by atoms with Gasteiger partial charge in [0.25, 0.3) is 0 Å². The Labute approximate surface area is 145 Å². The van der Waals surface area contributed by atoms with E-state index < -0.39 is 0 Å². The number of benzene rings is 1. The van der Waals surface area contributed by atoms with Crippen LogP contribution >= 0.6 is 0 Å². The van der Waals surface area contributed by atoms with Crippen molar-refractivity contribution < 1.29 is 14.0 Å². The third kappa shape index (κ3) is 3.96. The standard InChI is InChI=1S/C17H21N5O3/c1-12(2)14-19-20-15(25-14)16(23)21-8-10-22(11-9-21)17(24)18-13-6-4-3-5-7-13/h3-7,12H,8-11H2,1-2H3,(H,18,24). The molecule has 1 saturated heterocycles. The van der Waals surface area contributed by atoms with Crippen molar-refractivity contribution in [3.8, 4) is 0 Å². The quantitative estimate of drug-likeness (QED) is 0.922. The van der Waals surface area contributed by atoms with E-state index in [1.165, 1.54) is 0 Å². The average molecular weight is 343 g/mol. The molecule has 0 radical (unpaired) electrons. The zero-order valence-electron chi connectivity index (χ0n) is 14.3. The minimum atomic E-state index is -0.289. The Hall–Kier alpha value is -2.90. The van der Waals surface area contributed by atoms with Gasteiger partial charge in [0.05, 0.1) is 0 Å². The van der Waals surface area contributed by atoms with Crippen molar-refractivity contribution in [3.05, 3.63) is 42.1 Å². The van der Waals surface area contributed by atoms with Gasteiger partial charge in [0, 0.05) is 37.8 Å². The number of rotatable bonds is 3. The molecule has 8 heteroatoms. The highest BCUT2D eigenvalue weighted by Crippen LogP contribution is 2.15. The highest BCUT2D eigenvalue weighted by Gasteiger charge is 2.28. The average Bonchev–Trinajstić information content (AvgIpc) is 3.12. The lowest BCUT2D eigenvalue weighted by Gasteiger charge is -2.34. The molecule has 1 aliphatic heterocycles. The SMILES string of the molecule is CC(C)c1nnc(C(=O)N2CCN(C(=O)Nc3ccccc3)CC2)o1. The first-order chi connectivity index (χ1) is 12.0. The monoisotopic (exact) mass is 343 g/mol. The number of amides is 3. The summed E-state index contributed by atoms with van der Waals surface area (Å²) in [5.74, 6) is 0.241. The summed E-state index contributed by atoms with van der Waals surface area (Å²) < 4.78 is 5.41. The Morgan fingerprint density at radius 2 is 1.68 bits per heavy atom. The highest BCUT2D eigenvalue weighted by molar-refractivity contribution is 5.91. The Balaban J connectivity index is 1.54. The molecule has 0 bridgehead atoms. The predicted octanol–water partition coefficient (Wildman–Crippen LogP) is 2.18. The number of para-hydroxylation sites is 1. The van der Waals surface area contributed by atoms with Gasteiger partial charge in [-0.05, 0) is 12.1 Å². The van der Waals surface area contributed by atoms with Gasteiger partial charge in [-0.1, -0.05) is 32.0 Å². The van der Waals surface area contributed by atoms with Gasteiger partial charge in [-0.3, -0.25) is 4.79 Å². The fraction of sp³-hybridized carbons (Fsp3) is 0.412. The van der Waals surface area contributed by atoms with Gasteiger partial charge in [0.1, 0.15) is 0 Å². The lowest BCUT2D eigenvalue weighted by molar-refractivity contribution is 0.0630. The fourth-order valence-corrected chi connectivity index (χ4v) is 2.53. The van der Waals surface area contributed by atoms with Crippen LogP contribution in [0.1, 0.15) is 36.3 Å². The molecule has 2 aromatic rings. The molecule has 0 atom stereocenters. The van der Waals surface area contributed by atoms with Gasteiger partial charge in [-0.2, -0.15) is 0 Å². The first-order valence-corrected chi connectivity index (χ1v) is 8.28. The largest absolute Gasteiger partial charge is 0.417 e. The lowest BCUT2D eigenvalue weighted by Crippen LogP contribution is -2.51. The Morgan fingerprint density at radius 1 is 1.04 bits per heavy atom. The summed E-state index contributed by atoms with van der Waals surface area (Å²) in [5.41, 5.74) is 0.748. The van der Waals surface area contributed by atoms with Crippen molar-refractivity contribution in [3.63, 3.8) is 0 Å². The van der Waals surface area contributed by atoms with Crippen LogP contribution in [0.3, 0.4) is 0 Å². The third-order valence-corrected chi connectivity index (χ3v) is 4.00. The maximum absolute atomic E-state index is 12.4. The number of carbonyl (C=O) groups excluding carboxylic acids is 2. The molecule has 1 aromatic heterocycles. The van der Waals surface area contributed by atoms with Gasteiger partial charge < -0.3 is 19.5 Å². The van der Waals surface area contributed by atoms with E-state index in [0.717, 1.165) is 5.69 Å². The summed E-state index contributed by atoms with van der Waals surface area (Å²) in [5, 5.41) is 10.6. The van der Waals surface area contributed by atoms with Crippen molar-refractivity contribution in [2.75, 3.05) is 31.5 Å². The first-order valence-electron chi connectivity index (χ1n) is 8.28. The maximum atomic E-state index is 12.4. The van der Waals surface area contributed by atoms with E-state index in [1.54, 1.807) is 9.80 Å². The number of urea groups is 1. The number of nitrogens with zero attached hydrogens (tertiary/aromatic N) is 4. The highest BCUT2D eigenvalue weighted by atomic mass is 16.4. The molecule has 2 heterocycles. The van der Waals surface area contributed by atoms with E-state index in [4.69, 9.17) is 4.42 Å². The summed E-state index contributed by atoms with van der Waals surface area (Å²) >= 11 is 0. The summed E-state index contributed by atoms with van der Waals surface area (Å²) in [6, 6.07) is 9.11. The normalized spacial score (nSPS) is 14.7. The molecule has 25 heavy (non-hydrogen) atoms. The van der Waals surface area contributed by atoms with Crippen LogP contribution in [0.2, 0.25) is 0 Å². The Morgan fingerprint density at radius 3 is 2.28 bits per heavy atom. The van der Waals surface area contributed by atoms with Crippen molar-refractivity contribution in [1.29, 1.82) is 0 Å². The van der Waals surface area contributed by atoms with E-state index in [-0.39, 0.29) is 23.7 Å². The summed E-state index contributed by atoms with van der Waals surface area (Å²) in [4.78, 5) is 28.0. The Kier molecular flexibility index (Phi) is 4.97. The van der Waals surface area contributed by atoms with E-state index in [9.17, 15) is 9.59 Å². The zero-order valence-corrected chi connectivity index (χ0v) is 14.3. The van der Waals surface area contributed by atoms with Crippen LogP contribution in [-0.4, -0.2) is 58.1 Å². The second kappa shape index (κ2) is 7.33. The van der Waals surface area contributed by atoms with Crippen molar-refractivity contribution in [2.45, 2.75) is 19.8 Å². The number of aromatic nitrogens is 2. The molecular weight excluding hydrogens is 322 g/mol. The number of piperazine rings is 1. The van der Waals surface area contributed by atoms with Crippen molar-refractivity contribution in [1.82, 2.24) is 20.0 Å². The molecule has 0 saturated carbocycles. The van der Waals surface area contributed by atoms with Crippen LogP contribution in [0.4, 0.5) is 10.5 Å². The number of hydrogen-bond acceptors (Lipinski definition) is 5. The van der Waals surface area contributed by atoms with Crippen molar-refractivity contribution >= 4 is 17.6 Å². The predicted molar refractivity (Wildman–Crippen MR) is 91.3 cm³/mol. The summed E-state index contributed by atoms with van der Waals surface area (Å²) in [7, 11) is 0. The van der Waals surface area contributed by atoms with Crippen LogP contribution in [-0.2, 0) is 0 Å². The number of carbonyl (C=O) groups is 2. The van der Waals surface area contributed by atoms with Gasteiger partial charge in [-0.25, -0.2) is 4.79 Å². The van der Waals surface area contributed by atoms with Crippen LogP contribution in [0, 0.1) is 0 Å². The summed E-state index contributed by atoms with van der Waals surface area (Å²) in [6.07, 6.45) is 0. The molecule has 132 valence electrons. The number of anilines is 1. The van der Waals surface area contributed by atoms with Crippen LogP contribution in [0.5, 0.6) is 0 Å². The van der Waals surface area contributed by atoms with E-state index >= 15 is 0 Å². The zero-order chi connectivity index (χ0) is 17.8. The molecular formula is C17H21N5O3. The number of nitrogens with one attached hydrogen (secondary N) is 1. The molecule has 3 amide bonds. The molecule has 8 nitrogen and oxygen atoms in total. The van der Waals surface area contributed by atoms with E-state index in [1.807, 2.05) is 44.2 Å². The molecule has 3 rings (SSSR count). The second-order valence-corrected chi connectivity index (χ2v) is 6.18. The topological polar surface area (TPSA) is 91.6 Å². The van der Waals surface area contributed by atoms with Crippen molar-refractivity contribution in [2.24, 2.45) is 0 Å². The lowest BCUT2D eigenvalue weighted by atomic mass is 10.2. The number of hydrogen-bond donors (Lipinski definition) is 1. The minimum absolute atomic E-state index is 0.00545. The van der Waals surface area contributed by atoms with Gasteiger partial charge in [0.15, 0.2) is 0 Å². The van der Waals surface area contributed by atoms with Gasteiger partial charge in [0.2, 0.25) is 5.89 Å². The van der Waals surface area contributed by atoms with Crippen LogP contribution < -0.4 is 5.32 Å². The summed E-state index contributed by atoms with van der Waals surface area (Å²) in [6.45, 7) is 5.61. The molecule has 1 aromatic carbocycles. The molecule has 1 N–H and O–H groups in total. The van der Waals surface area contributed by atoms with E-state index in [2.05, 4.69) is 15.5 Å². The molecule has 0 aliphatic carbocycles. The van der Waals surface area contributed by atoms with E-state index in [0.29, 0.717) is 32.1 Å². The van der Waals surface area contributed by atoms with Gasteiger partial charge >= 0.3 is 17.8 Å². The minimum Gasteiger partial charge on any atom is -0.417 e. The molecule has 1 fully saturated rings. The molecule has 0 unspecified atom stereocenters. The Bertz CT molecular complexity index is 736. The van der Waals surface area contributed by atoms with Crippen LogP contribution in [0.25, 0.3) is 0 Å². The first kappa shape index (κ1) is 16.9. The van der Waals surface area contributed by atoms with Gasteiger partial charge in [-0.15, -0.1) is 10.2 Å². The molecule has 1 aliphatic rings. The smallest absolute Gasteiger partial charge is 0.321 e. The maximum Gasteiger partial charge on any atom is 0.321 e.